The molecule has 1 amide bonds. The summed E-state index contributed by atoms with van der Waals surface area (Å²) in [4.78, 5) is 27.4. The molecule has 1 fully saturated rings. The third kappa shape index (κ3) is 5.23. The molecule has 9 nitrogen and oxygen atoms in total. The Morgan fingerprint density at radius 2 is 1.74 bits per heavy atom. The average Bonchev–Trinajstić information content (AvgIpc) is 2.88. The average molecular weight is 498 g/mol. The highest BCUT2D eigenvalue weighted by Gasteiger charge is 2.27. The summed E-state index contributed by atoms with van der Waals surface area (Å²) < 4.78 is 28.1. The zero-order chi connectivity index (χ0) is 25.0. The highest BCUT2D eigenvalue weighted by Crippen LogP contribution is 2.31. The van der Waals surface area contributed by atoms with Crippen LogP contribution in [0.5, 0.6) is 0 Å². The number of H-pyrrole nitrogens is 1. The van der Waals surface area contributed by atoms with Gasteiger partial charge in [-0.1, -0.05) is 24.6 Å². The Labute approximate surface area is 205 Å². The number of carbonyl (C=O) groups excluding carboxylic acids is 1. The van der Waals surface area contributed by atoms with Crippen LogP contribution in [0.15, 0.2) is 52.2 Å². The summed E-state index contributed by atoms with van der Waals surface area (Å²) in [5.41, 5.74) is 1.31. The highest BCUT2D eigenvalue weighted by molar-refractivity contribution is 7.89. The van der Waals surface area contributed by atoms with Crippen LogP contribution in [-0.2, 0) is 21.2 Å². The number of benzene rings is 2. The molecule has 0 saturated carbocycles. The van der Waals surface area contributed by atoms with E-state index in [4.69, 9.17) is 0 Å². The smallest absolute Gasteiger partial charge is 0.272 e. The maximum Gasteiger partial charge on any atom is 0.272 e. The van der Waals surface area contributed by atoms with E-state index in [1.807, 2.05) is 13.8 Å². The lowest BCUT2D eigenvalue weighted by atomic mass is 10.1. The first-order valence-corrected chi connectivity index (χ1v) is 13.4. The van der Waals surface area contributed by atoms with Gasteiger partial charge in [-0.3, -0.25) is 9.59 Å². The predicted octanol–water partition coefficient (Wildman–Crippen LogP) is 3.13. The molecule has 1 aromatic heterocycles. The number of aromatic amines is 1. The summed E-state index contributed by atoms with van der Waals surface area (Å²) in [5, 5.41) is 10.5. The molecule has 3 aromatic rings. The number of fused-ring (bicyclic) bond motifs is 1. The molecular formula is C25H31N5O4S. The van der Waals surface area contributed by atoms with Gasteiger partial charge in [-0.05, 0) is 51.0 Å². The van der Waals surface area contributed by atoms with Crippen LogP contribution in [0, 0.1) is 0 Å². The van der Waals surface area contributed by atoms with Gasteiger partial charge in [0, 0.05) is 31.6 Å². The maximum absolute atomic E-state index is 13.3. The number of carbonyl (C=O) groups is 1. The molecule has 2 heterocycles. The van der Waals surface area contributed by atoms with Crippen molar-refractivity contribution in [1.29, 1.82) is 0 Å². The number of anilines is 2. The van der Waals surface area contributed by atoms with Crippen molar-refractivity contribution in [2.24, 2.45) is 0 Å². The monoisotopic (exact) mass is 497 g/mol. The van der Waals surface area contributed by atoms with Gasteiger partial charge < -0.3 is 10.2 Å². The zero-order valence-electron chi connectivity index (χ0n) is 20.1. The van der Waals surface area contributed by atoms with Crippen LogP contribution < -0.4 is 15.8 Å². The number of hydrogen-bond acceptors (Lipinski definition) is 6. The highest BCUT2D eigenvalue weighted by atomic mass is 32.2. The number of aromatic nitrogens is 2. The van der Waals surface area contributed by atoms with Gasteiger partial charge >= 0.3 is 0 Å². The summed E-state index contributed by atoms with van der Waals surface area (Å²) in [6.07, 6.45) is 2.65. The fourth-order valence-electron chi connectivity index (χ4n) is 4.52. The first-order valence-electron chi connectivity index (χ1n) is 12.0. The second kappa shape index (κ2) is 10.6. The van der Waals surface area contributed by atoms with Crippen LogP contribution in [0.2, 0.25) is 0 Å². The first-order chi connectivity index (χ1) is 16.8. The van der Waals surface area contributed by atoms with E-state index in [-0.39, 0.29) is 22.8 Å². The Balaban J connectivity index is 1.66. The van der Waals surface area contributed by atoms with Gasteiger partial charge in [0.25, 0.3) is 5.56 Å². The number of piperidine rings is 1. The summed E-state index contributed by atoms with van der Waals surface area (Å²) in [6.45, 7) is 6.42. The Morgan fingerprint density at radius 3 is 2.43 bits per heavy atom. The molecule has 4 rings (SSSR count). The minimum atomic E-state index is -3.66. The van der Waals surface area contributed by atoms with Crippen molar-refractivity contribution in [3.05, 3.63) is 58.5 Å². The quantitative estimate of drug-likeness (QED) is 0.494. The first kappa shape index (κ1) is 24.9. The molecule has 1 aliphatic heterocycles. The van der Waals surface area contributed by atoms with Gasteiger partial charge in [0.2, 0.25) is 15.9 Å². The topological polar surface area (TPSA) is 115 Å². The maximum atomic E-state index is 13.3. The van der Waals surface area contributed by atoms with E-state index in [1.165, 1.54) is 4.31 Å². The second-order valence-corrected chi connectivity index (χ2v) is 10.5. The molecule has 1 saturated heterocycles. The van der Waals surface area contributed by atoms with Crippen LogP contribution in [0.4, 0.5) is 11.4 Å². The third-order valence-corrected chi connectivity index (χ3v) is 8.30. The number of amides is 1. The van der Waals surface area contributed by atoms with Crippen LogP contribution >= 0.6 is 0 Å². The Kier molecular flexibility index (Phi) is 7.51. The molecule has 0 spiro atoms. The van der Waals surface area contributed by atoms with Gasteiger partial charge in [0.1, 0.15) is 0 Å². The Morgan fingerprint density at radius 1 is 1.06 bits per heavy atom. The summed E-state index contributed by atoms with van der Waals surface area (Å²) in [6, 6.07) is 11.9. The van der Waals surface area contributed by atoms with Gasteiger partial charge in [0.15, 0.2) is 0 Å². The summed E-state index contributed by atoms with van der Waals surface area (Å²) in [7, 11) is -3.66. The van der Waals surface area contributed by atoms with E-state index in [0.717, 1.165) is 24.9 Å². The molecule has 0 radical (unpaired) electrons. The Hall–Kier alpha value is -3.24. The molecule has 35 heavy (non-hydrogen) atoms. The minimum absolute atomic E-state index is 0.0713. The molecule has 10 heteroatoms. The summed E-state index contributed by atoms with van der Waals surface area (Å²) >= 11 is 0. The van der Waals surface area contributed by atoms with Gasteiger partial charge in [-0.15, -0.1) is 0 Å². The lowest BCUT2D eigenvalue weighted by molar-refractivity contribution is -0.115. The van der Waals surface area contributed by atoms with E-state index < -0.39 is 10.0 Å². The third-order valence-electron chi connectivity index (χ3n) is 6.40. The fourth-order valence-corrected chi connectivity index (χ4v) is 6.07. The van der Waals surface area contributed by atoms with Crippen molar-refractivity contribution in [2.75, 3.05) is 36.4 Å². The van der Waals surface area contributed by atoms with E-state index in [1.54, 1.807) is 42.5 Å². The largest absolute Gasteiger partial charge is 0.370 e. The van der Waals surface area contributed by atoms with Gasteiger partial charge in [-0.25, -0.2) is 13.5 Å². The molecule has 1 aliphatic rings. The van der Waals surface area contributed by atoms with Crippen LogP contribution in [0.25, 0.3) is 10.8 Å². The lowest BCUT2D eigenvalue weighted by Gasteiger charge is -2.28. The fraction of sp³-hybridized carbons (Fsp3) is 0.400. The van der Waals surface area contributed by atoms with E-state index in [9.17, 15) is 18.0 Å². The molecule has 2 N–H and O–H groups in total. The van der Waals surface area contributed by atoms with Gasteiger partial charge in [-0.2, -0.15) is 9.40 Å². The van der Waals surface area contributed by atoms with Crippen molar-refractivity contribution in [3.63, 3.8) is 0 Å². The molecule has 0 atom stereocenters. The molecule has 0 bridgehead atoms. The Bertz CT molecular complexity index is 1380. The van der Waals surface area contributed by atoms with Crippen molar-refractivity contribution < 1.29 is 13.2 Å². The lowest BCUT2D eigenvalue weighted by Crippen LogP contribution is -2.35. The number of hydrogen-bond donors (Lipinski definition) is 2. The van der Waals surface area contributed by atoms with Crippen molar-refractivity contribution in [3.8, 4) is 0 Å². The van der Waals surface area contributed by atoms with Crippen molar-refractivity contribution in [2.45, 2.75) is 44.4 Å². The SMILES string of the molecule is CCN(CC)c1ccc(S(=O)(=O)N2CCCCC2)cc1NC(=O)Cc1n[nH]c(=O)c2ccccc12. The molecular weight excluding hydrogens is 466 g/mol. The van der Waals surface area contributed by atoms with Crippen molar-refractivity contribution >= 4 is 38.1 Å². The van der Waals surface area contributed by atoms with Crippen LogP contribution in [0.3, 0.4) is 0 Å². The molecule has 0 unspecified atom stereocenters. The minimum Gasteiger partial charge on any atom is -0.370 e. The van der Waals surface area contributed by atoms with Gasteiger partial charge in [0.05, 0.1) is 33.8 Å². The van der Waals surface area contributed by atoms with E-state index in [0.29, 0.717) is 48.3 Å². The van der Waals surface area contributed by atoms with E-state index in [2.05, 4.69) is 20.4 Å². The van der Waals surface area contributed by atoms with Crippen LogP contribution in [-0.4, -0.2) is 55.0 Å². The number of sulfonamides is 1. The van der Waals surface area contributed by atoms with Crippen molar-refractivity contribution in [1.82, 2.24) is 14.5 Å². The predicted molar refractivity (Wildman–Crippen MR) is 137 cm³/mol. The second-order valence-electron chi connectivity index (χ2n) is 8.59. The number of rotatable bonds is 8. The zero-order valence-corrected chi connectivity index (χ0v) is 20.9. The standard InChI is InChI=1S/C25H31N5O4S/c1-3-29(4-2)23-13-12-18(35(33,34)30-14-8-5-9-15-30)16-22(23)26-24(31)17-21-19-10-6-7-11-20(19)25(32)28-27-21/h6-7,10-13,16H,3-5,8-9,14-15,17H2,1-2H3,(H,26,31)(H,28,32). The van der Waals surface area contributed by atoms with E-state index >= 15 is 0 Å². The molecule has 186 valence electrons. The number of nitrogens with zero attached hydrogens (tertiary/aromatic N) is 3. The normalized spacial score (nSPS) is 14.7. The molecule has 0 aliphatic carbocycles. The van der Waals surface area contributed by atoms with Crippen LogP contribution in [0.1, 0.15) is 38.8 Å². The molecule has 2 aromatic carbocycles. The summed E-state index contributed by atoms with van der Waals surface area (Å²) in [5.74, 6) is -0.351. The number of nitrogens with one attached hydrogen (secondary N) is 2.